The van der Waals surface area contributed by atoms with Crippen molar-refractivity contribution in [1.29, 1.82) is 0 Å². The van der Waals surface area contributed by atoms with Gasteiger partial charge < -0.3 is 4.74 Å². The van der Waals surface area contributed by atoms with Gasteiger partial charge in [0.15, 0.2) is 0 Å². The van der Waals surface area contributed by atoms with Gasteiger partial charge in [0.05, 0.1) is 6.10 Å². The minimum atomic E-state index is -0.605. The second-order valence-corrected chi connectivity index (χ2v) is 5.77. The van der Waals surface area contributed by atoms with Crippen molar-refractivity contribution in [1.82, 2.24) is 10.9 Å². The number of rotatable bonds is 3. The van der Waals surface area contributed by atoms with Crippen LogP contribution in [-0.4, -0.2) is 18.1 Å². The standard InChI is InChI=1S/C13H22N2O3/c1-8(2)18-13(17)15-14-12(16)7-11-6-9-3-4-10(11)5-9/h8-11H,3-7H2,1-2H3,(H,14,16)(H,15,17). The molecule has 0 aromatic heterocycles. The molecular formula is C13H22N2O3. The zero-order chi connectivity index (χ0) is 13.1. The van der Waals surface area contributed by atoms with Gasteiger partial charge >= 0.3 is 6.09 Å². The fraction of sp³-hybridized carbons (Fsp3) is 0.846. The molecule has 0 saturated heterocycles. The first-order chi connectivity index (χ1) is 8.54. The lowest BCUT2D eigenvalue weighted by Crippen LogP contribution is -2.43. The molecule has 0 heterocycles. The maximum absolute atomic E-state index is 11.7. The van der Waals surface area contributed by atoms with Crippen LogP contribution in [0, 0.1) is 17.8 Å². The molecule has 2 bridgehead atoms. The molecule has 2 aliphatic carbocycles. The quantitative estimate of drug-likeness (QED) is 0.757. The van der Waals surface area contributed by atoms with Gasteiger partial charge in [0.1, 0.15) is 0 Å². The molecule has 2 amide bonds. The van der Waals surface area contributed by atoms with Crippen LogP contribution in [0.5, 0.6) is 0 Å². The summed E-state index contributed by atoms with van der Waals surface area (Å²) in [5, 5.41) is 0. The molecule has 0 spiro atoms. The Hall–Kier alpha value is -1.26. The lowest BCUT2D eigenvalue weighted by atomic mass is 9.86. The van der Waals surface area contributed by atoms with Gasteiger partial charge in [-0.1, -0.05) is 6.42 Å². The molecule has 0 aromatic rings. The summed E-state index contributed by atoms with van der Waals surface area (Å²) in [4.78, 5) is 22.9. The van der Waals surface area contributed by atoms with Gasteiger partial charge in [-0.25, -0.2) is 10.2 Å². The monoisotopic (exact) mass is 254 g/mol. The smallest absolute Gasteiger partial charge is 0.426 e. The Kier molecular flexibility index (Phi) is 4.09. The van der Waals surface area contributed by atoms with Crippen LogP contribution in [0.3, 0.4) is 0 Å². The number of amides is 2. The van der Waals surface area contributed by atoms with Crippen molar-refractivity contribution in [2.24, 2.45) is 17.8 Å². The molecule has 0 aliphatic heterocycles. The van der Waals surface area contributed by atoms with Crippen LogP contribution in [-0.2, 0) is 9.53 Å². The highest BCUT2D eigenvalue weighted by Gasteiger charge is 2.40. The van der Waals surface area contributed by atoms with Gasteiger partial charge in [0.25, 0.3) is 0 Å². The van der Waals surface area contributed by atoms with Crippen molar-refractivity contribution in [3.63, 3.8) is 0 Å². The number of carbonyl (C=O) groups excluding carboxylic acids is 2. The summed E-state index contributed by atoms with van der Waals surface area (Å²) in [6.45, 7) is 3.52. The maximum Gasteiger partial charge on any atom is 0.426 e. The average Bonchev–Trinajstić information content (AvgIpc) is 2.87. The lowest BCUT2D eigenvalue weighted by Gasteiger charge is -2.20. The van der Waals surface area contributed by atoms with Crippen molar-refractivity contribution < 1.29 is 14.3 Å². The van der Waals surface area contributed by atoms with E-state index < -0.39 is 6.09 Å². The molecule has 102 valence electrons. The first-order valence-corrected chi connectivity index (χ1v) is 6.80. The van der Waals surface area contributed by atoms with Crippen LogP contribution in [0.15, 0.2) is 0 Å². The topological polar surface area (TPSA) is 67.4 Å². The van der Waals surface area contributed by atoms with E-state index in [4.69, 9.17) is 4.74 Å². The molecule has 3 atom stereocenters. The molecule has 5 heteroatoms. The molecule has 3 unspecified atom stereocenters. The number of hydrogen-bond acceptors (Lipinski definition) is 3. The third-order valence-corrected chi connectivity index (χ3v) is 3.98. The van der Waals surface area contributed by atoms with E-state index in [1.807, 2.05) is 0 Å². The first-order valence-electron chi connectivity index (χ1n) is 6.80. The van der Waals surface area contributed by atoms with Gasteiger partial charge in [-0.3, -0.25) is 10.2 Å². The van der Waals surface area contributed by atoms with Crippen LogP contribution in [0.2, 0.25) is 0 Å². The Balaban J connectivity index is 1.65. The Morgan fingerprint density at radius 2 is 2.00 bits per heavy atom. The second-order valence-electron chi connectivity index (χ2n) is 5.77. The normalized spacial score (nSPS) is 29.4. The van der Waals surface area contributed by atoms with Crippen molar-refractivity contribution in [3.8, 4) is 0 Å². The van der Waals surface area contributed by atoms with Crippen LogP contribution in [0.1, 0.15) is 46.0 Å². The predicted octanol–water partition coefficient (Wildman–Crippen LogP) is 1.98. The van der Waals surface area contributed by atoms with Gasteiger partial charge in [0.2, 0.25) is 5.91 Å². The Morgan fingerprint density at radius 1 is 1.22 bits per heavy atom. The first kappa shape index (κ1) is 13.2. The number of ether oxygens (including phenoxy) is 1. The Morgan fingerprint density at radius 3 is 2.56 bits per heavy atom. The third kappa shape index (κ3) is 3.37. The number of hydrazine groups is 1. The molecule has 0 radical (unpaired) electrons. The van der Waals surface area contributed by atoms with E-state index in [0.717, 1.165) is 11.8 Å². The number of fused-ring (bicyclic) bond motifs is 2. The van der Waals surface area contributed by atoms with Gasteiger partial charge in [-0.15, -0.1) is 0 Å². The molecule has 5 nitrogen and oxygen atoms in total. The minimum absolute atomic E-state index is 0.117. The number of hydrogen-bond donors (Lipinski definition) is 2. The van der Waals surface area contributed by atoms with E-state index in [-0.39, 0.29) is 12.0 Å². The molecule has 2 saturated carbocycles. The summed E-state index contributed by atoms with van der Waals surface area (Å²) in [7, 11) is 0. The van der Waals surface area contributed by atoms with E-state index in [1.54, 1.807) is 13.8 Å². The van der Waals surface area contributed by atoms with Crippen molar-refractivity contribution in [3.05, 3.63) is 0 Å². The van der Waals surface area contributed by atoms with E-state index >= 15 is 0 Å². The van der Waals surface area contributed by atoms with Crippen LogP contribution in [0.25, 0.3) is 0 Å². The highest BCUT2D eigenvalue weighted by molar-refractivity contribution is 5.79. The molecule has 18 heavy (non-hydrogen) atoms. The van der Waals surface area contributed by atoms with Gasteiger partial charge in [-0.2, -0.15) is 0 Å². The van der Waals surface area contributed by atoms with E-state index in [9.17, 15) is 9.59 Å². The highest BCUT2D eigenvalue weighted by atomic mass is 16.6. The number of carbonyl (C=O) groups is 2. The average molecular weight is 254 g/mol. The van der Waals surface area contributed by atoms with Crippen molar-refractivity contribution in [2.75, 3.05) is 0 Å². The molecule has 0 aromatic carbocycles. The van der Waals surface area contributed by atoms with Crippen LogP contribution in [0.4, 0.5) is 4.79 Å². The minimum Gasteiger partial charge on any atom is -0.446 e. The summed E-state index contributed by atoms with van der Waals surface area (Å²) in [5.41, 5.74) is 4.68. The SMILES string of the molecule is CC(C)OC(=O)NNC(=O)CC1CC2CCC1C2. The summed E-state index contributed by atoms with van der Waals surface area (Å²) in [6.07, 6.45) is 4.80. The summed E-state index contributed by atoms with van der Waals surface area (Å²) in [6, 6.07) is 0. The number of nitrogens with one attached hydrogen (secondary N) is 2. The van der Waals surface area contributed by atoms with E-state index in [0.29, 0.717) is 12.3 Å². The molecular weight excluding hydrogens is 232 g/mol. The van der Waals surface area contributed by atoms with E-state index in [1.165, 1.54) is 25.7 Å². The second kappa shape index (κ2) is 5.59. The van der Waals surface area contributed by atoms with Crippen LogP contribution >= 0.6 is 0 Å². The fourth-order valence-electron chi connectivity index (χ4n) is 3.28. The Labute approximate surface area is 108 Å². The Bertz CT molecular complexity index is 330. The summed E-state index contributed by atoms with van der Waals surface area (Å²) < 4.78 is 4.86. The fourth-order valence-corrected chi connectivity index (χ4v) is 3.28. The predicted molar refractivity (Wildman–Crippen MR) is 66.5 cm³/mol. The van der Waals surface area contributed by atoms with Gasteiger partial charge in [0, 0.05) is 6.42 Å². The van der Waals surface area contributed by atoms with E-state index in [2.05, 4.69) is 10.9 Å². The zero-order valence-corrected chi connectivity index (χ0v) is 11.1. The lowest BCUT2D eigenvalue weighted by molar-refractivity contribution is -0.123. The summed E-state index contributed by atoms with van der Waals surface area (Å²) >= 11 is 0. The third-order valence-electron chi connectivity index (χ3n) is 3.98. The zero-order valence-electron chi connectivity index (χ0n) is 11.1. The van der Waals surface area contributed by atoms with Gasteiger partial charge in [-0.05, 0) is 50.9 Å². The molecule has 2 aliphatic rings. The molecule has 2 rings (SSSR count). The molecule has 2 N–H and O–H groups in total. The van der Waals surface area contributed by atoms with Crippen molar-refractivity contribution in [2.45, 2.75) is 52.1 Å². The highest BCUT2D eigenvalue weighted by Crippen LogP contribution is 2.49. The summed E-state index contributed by atoms with van der Waals surface area (Å²) in [5.74, 6) is 1.95. The molecule has 2 fully saturated rings. The van der Waals surface area contributed by atoms with Crippen LogP contribution < -0.4 is 10.9 Å². The van der Waals surface area contributed by atoms with Crippen molar-refractivity contribution >= 4 is 12.0 Å². The maximum atomic E-state index is 11.7. The largest absolute Gasteiger partial charge is 0.446 e.